The van der Waals surface area contributed by atoms with E-state index in [2.05, 4.69) is 27.1 Å². The van der Waals surface area contributed by atoms with Crippen molar-refractivity contribution < 1.29 is 38.2 Å². The van der Waals surface area contributed by atoms with Gasteiger partial charge in [0.25, 0.3) is 0 Å². The summed E-state index contributed by atoms with van der Waals surface area (Å²) in [6.45, 7) is 5.99. The predicted molar refractivity (Wildman–Crippen MR) is 221 cm³/mol. The molecular formula is C49H47IrN3O-2. The molecule has 4 aromatic carbocycles. The summed E-state index contributed by atoms with van der Waals surface area (Å²) in [6.07, 6.45) is 1.15. The average molecular weight is 896 g/mol. The van der Waals surface area contributed by atoms with E-state index in [4.69, 9.17) is 18.1 Å². The molecule has 0 aliphatic heterocycles. The molecule has 0 saturated heterocycles. The van der Waals surface area contributed by atoms with Crippen LogP contribution in [0.15, 0.2) is 120 Å². The summed E-state index contributed by atoms with van der Waals surface area (Å²) < 4.78 is 87.9. The van der Waals surface area contributed by atoms with Crippen LogP contribution in [0.4, 0.5) is 0 Å². The van der Waals surface area contributed by atoms with Crippen LogP contribution in [0, 0.1) is 36.7 Å². The monoisotopic (exact) mass is 896 g/mol. The van der Waals surface area contributed by atoms with E-state index >= 15 is 0 Å². The molecule has 4 heterocycles. The van der Waals surface area contributed by atoms with Crippen LogP contribution >= 0.6 is 0 Å². The Morgan fingerprint density at radius 3 is 2.19 bits per heavy atom. The Morgan fingerprint density at radius 2 is 1.46 bits per heavy atom. The molecule has 8 rings (SSSR count). The van der Waals surface area contributed by atoms with Gasteiger partial charge in [0.15, 0.2) is 0 Å². The van der Waals surface area contributed by atoms with Crippen molar-refractivity contribution in [1.29, 1.82) is 0 Å². The number of hydrogen-bond donors (Lipinski definition) is 0. The summed E-state index contributed by atoms with van der Waals surface area (Å²) in [4.78, 5) is 12.9. The topological polar surface area (TPSA) is 51.8 Å². The predicted octanol–water partition coefficient (Wildman–Crippen LogP) is 13.0. The number of aromatic nitrogens is 3. The minimum atomic E-state index is -2.55. The van der Waals surface area contributed by atoms with Gasteiger partial charge in [0.1, 0.15) is 5.58 Å². The van der Waals surface area contributed by atoms with E-state index in [0.29, 0.717) is 33.4 Å². The van der Waals surface area contributed by atoms with Crippen molar-refractivity contribution in [3.05, 3.63) is 150 Å². The van der Waals surface area contributed by atoms with Crippen molar-refractivity contribution >= 4 is 32.7 Å². The van der Waals surface area contributed by atoms with Crippen LogP contribution in [0.5, 0.6) is 0 Å². The molecule has 0 fully saturated rings. The van der Waals surface area contributed by atoms with Crippen molar-refractivity contribution in [2.75, 3.05) is 0 Å². The average Bonchev–Trinajstić information content (AvgIpc) is 3.62. The Kier molecular flexibility index (Phi) is 8.07. The Labute approximate surface area is 347 Å². The molecule has 54 heavy (non-hydrogen) atoms. The minimum Gasteiger partial charge on any atom is -0.500 e. The van der Waals surface area contributed by atoms with E-state index in [0.717, 1.165) is 38.5 Å². The van der Waals surface area contributed by atoms with Gasteiger partial charge in [-0.1, -0.05) is 107 Å². The summed E-state index contributed by atoms with van der Waals surface area (Å²) >= 11 is 0. The Bertz CT molecular complexity index is 2950. The van der Waals surface area contributed by atoms with Crippen molar-refractivity contribution in [1.82, 2.24) is 15.0 Å². The van der Waals surface area contributed by atoms with Gasteiger partial charge < -0.3 is 14.4 Å². The second kappa shape index (κ2) is 15.8. The van der Waals surface area contributed by atoms with Crippen LogP contribution in [0.2, 0.25) is 0 Å². The fourth-order valence-corrected chi connectivity index (χ4v) is 6.19. The third kappa shape index (κ3) is 8.87. The third-order valence-corrected chi connectivity index (χ3v) is 8.45. The molecule has 5 heteroatoms. The molecule has 0 N–H and O–H groups in total. The van der Waals surface area contributed by atoms with E-state index in [9.17, 15) is 0 Å². The van der Waals surface area contributed by atoms with E-state index < -0.39 is 37.3 Å². The van der Waals surface area contributed by atoms with Crippen molar-refractivity contribution in [2.24, 2.45) is 10.8 Å². The number of pyridine rings is 3. The second-order valence-corrected chi connectivity index (χ2v) is 15.1. The van der Waals surface area contributed by atoms with Crippen molar-refractivity contribution in [3.63, 3.8) is 0 Å². The molecule has 1 radical (unpaired) electrons. The first kappa shape index (κ1) is 27.6. The molecular weight excluding hydrogens is 839 g/mol. The van der Waals surface area contributed by atoms with Gasteiger partial charge >= 0.3 is 0 Å². The van der Waals surface area contributed by atoms with Crippen LogP contribution in [0.25, 0.3) is 66.4 Å². The molecule has 0 amide bonds. The van der Waals surface area contributed by atoms with E-state index in [1.165, 1.54) is 24.5 Å². The van der Waals surface area contributed by atoms with Gasteiger partial charge in [-0.15, -0.1) is 54.1 Å². The molecule has 0 aliphatic rings. The third-order valence-electron chi connectivity index (χ3n) is 8.45. The standard InChI is InChI=1S/C27H25N2O.C22H22N.Ir/c1-16-14-29-24(12-19(16)13-27(3,4)5)22-8-6-7-20-21-10-9-18-15-28-17(2)11-23(18)26(21)30-25(20)22;1-22(2,3)16-17-9-11-18(12-10-17)20-13-14-23-21(15-20)19-7-5-4-6-8-19;/h6-7,9-12,14-15H,13H2,1-5H3;4-7,9-15H,16H2,1-3H3;/q2*-1;/i1D3,2D3,13D2;16D2;. The molecule has 275 valence electrons. The largest absolute Gasteiger partial charge is 0.500 e. The van der Waals surface area contributed by atoms with Gasteiger partial charge in [-0.2, -0.15) is 0 Å². The summed E-state index contributed by atoms with van der Waals surface area (Å²) in [5.41, 5.74) is 4.83. The summed E-state index contributed by atoms with van der Waals surface area (Å²) in [7, 11) is 0. The summed E-state index contributed by atoms with van der Waals surface area (Å²) in [6, 6.07) is 36.1. The van der Waals surface area contributed by atoms with Crippen LogP contribution in [-0.2, 0) is 32.9 Å². The first-order valence-corrected chi connectivity index (χ1v) is 17.5. The van der Waals surface area contributed by atoms with E-state index in [1.54, 1.807) is 33.0 Å². The number of fused-ring (bicyclic) bond motifs is 5. The summed E-state index contributed by atoms with van der Waals surface area (Å²) in [5.74, 6) is 0. The zero-order valence-electron chi connectivity index (χ0n) is 41.1. The van der Waals surface area contributed by atoms with E-state index in [1.807, 2.05) is 99.6 Å². The molecule has 0 spiro atoms. The maximum Gasteiger partial charge on any atom is 0.128 e. The number of rotatable bonds is 5. The van der Waals surface area contributed by atoms with Crippen LogP contribution < -0.4 is 0 Å². The SMILES string of the molecule is [2H]C([2H])([2H])c1cc2c(ccc3c4cc[c-]c(-c5cc(C([2H])([2H])C(C)(C)C)c(C([2H])([2H])[2H])cn5)c4oc23)cn1.[2H]C([2H])(c1ccc(-c2ccnc(-c3[c-]cccc3)c2)cc1)C(C)(C)C.[Ir]. The van der Waals surface area contributed by atoms with Crippen molar-refractivity contribution in [3.8, 4) is 33.6 Å². The fourth-order valence-electron chi connectivity index (χ4n) is 6.19. The van der Waals surface area contributed by atoms with Gasteiger partial charge in [-0.25, -0.2) is 0 Å². The number of nitrogens with zero attached hydrogens (tertiary/aromatic N) is 3. The zero-order valence-corrected chi connectivity index (χ0v) is 33.4. The quantitative estimate of drug-likeness (QED) is 0.162. The maximum atomic E-state index is 8.81. The molecule has 8 aromatic rings. The second-order valence-electron chi connectivity index (χ2n) is 15.1. The van der Waals surface area contributed by atoms with Gasteiger partial charge in [-0.05, 0) is 83.1 Å². The van der Waals surface area contributed by atoms with Crippen LogP contribution in [0.1, 0.15) is 77.6 Å². The first-order chi connectivity index (χ1) is 29.3. The van der Waals surface area contributed by atoms with Crippen LogP contribution in [0.3, 0.4) is 0 Å². The first-order valence-electron chi connectivity index (χ1n) is 22.5. The zero-order chi connectivity index (χ0) is 45.9. The van der Waals surface area contributed by atoms with Crippen molar-refractivity contribution in [2.45, 2.75) is 68.0 Å². The molecule has 4 aromatic heterocycles. The van der Waals surface area contributed by atoms with Gasteiger partial charge in [0.05, 0.1) is 5.58 Å². The fraction of sp³-hybridized carbons (Fsp3) is 0.245. The molecule has 0 saturated carbocycles. The molecule has 4 nitrogen and oxygen atoms in total. The Hall–Kier alpha value is -4.96. The maximum absolute atomic E-state index is 8.81. The Balaban J connectivity index is 0.000000227. The smallest absolute Gasteiger partial charge is 0.128 e. The number of hydrogen-bond acceptors (Lipinski definition) is 4. The normalized spacial score (nSPS) is 15.4. The van der Waals surface area contributed by atoms with Gasteiger partial charge in [-0.3, -0.25) is 4.98 Å². The van der Waals surface area contributed by atoms with Gasteiger partial charge in [0.2, 0.25) is 0 Å². The molecule has 0 bridgehead atoms. The molecule has 0 unspecified atom stereocenters. The van der Waals surface area contributed by atoms with Crippen LogP contribution in [-0.4, -0.2) is 15.0 Å². The summed E-state index contributed by atoms with van der Waals surface area (Å²) in [5, 5.41) is 2.82. The molecule has 0 atom stereocenters. The number of aryl methyl sites for hydroxylation is 2. The van der Waals surface area contributed by atoms with Gasteiger partial charge in [0, 0.05) is 74.3 Å². The van der Waals surface area contributed by atoms with E-state index in [-0.39, 0.29) is 36.9 Å². The minimum absolute atomic E-state index is 0. The Morgan fingerprint density at radius 1 is 0.667 bits per heavy atom. The molecule has 0 aliphatic carbocycles. The number of furan rings is 1. The number of benzene rings is 4.